The molecule has 4 nitrogen and oxygen atoms in total. The van der Waals surface area contributed by atoms with Gasteiger partial charge in [0.25, 0.3) is 0 Å². The first-order valence-electron chi connectivity index (χ1n) is 5.86. The van der Waals surface area contributed by atoms with Crippen molar-refractivity contribution in [2.45, 2.75) is 19.0 Å². The van der Waals surface area contributed by atoms with Crippen LogP contribution in [0, 0.1) is 0 Å². The zero-order valence-electron chi connectivity index (χ0n) is 9.48. The van der Waals surface area contributed by atoms with Crippen LogP contribution in [0.15, 0.2) is 24.5 Å². The van der Waals surface area contributed by atoms with Gasteiger partial charge in [0.2, 0.25) is 0 Å². The summed E-state index contributed by atoms with van der Waals surface area (Å²) >= 11 is 0. The summed E-state index contributed by atoms with van der Waals surface area (Å²) in [4.78, 5) is 4.08. The summed E-state index contributed by atoms with van der Waals surface area (Å²) in [6, 6.07) is 4.56. The Morgan fingerprint density at radius 1 is 1.56 bits per heavy atom. The van der Waals surface area contributed by atoms with E-state index in [4.69, 9.17) is 4.74 Å². The van der Waals surface area contributed by atoms with Gasteiger partial charge in [-0.05, 0) is 24.6 Å². The van der Waals surface area contributed by atoms with Crippen LogP contribution in [0.3, 0.4) is 0 Å². The second-order valence-corrected chi connectivity index (χ2v) is 4.05. The largest absolute Gasteiger partial charge is 0.379 e. The third kappa shape index (κ3) is 3.89. The Kier molecular flexibility index (Phi) is 4.73. The van der Waals surface area contributed by atoms with Crippen LogP contribution in [0.25, 0.3) is 0 Å². The average Bonchev–Trinajstić information content (AvgIpc) is 2.37. The second kappa shape index (κ2) is 6.58. The first-order chi connectivity index (χ1) is 7.95. The Morgan fingerprint density at radius 3 is 3.31 bits per heavy atom. The molecule has 1 atom stereocenters. The number of pyridine rings is 1. The summed E-state index contributed by atoms with van der Waals surface area (Å²) in [6.45, 7) is 4.57. The lowest BCUT2D eigenvalue weighted by Crippen LogP contribution is -2.42. The maximum atomic E-state index is 5.40. The summed E-state index contributed by atoms with van der Waals surface area (Å²) in [7, 11) is 0. The molecular weight excluding hydrogens is 202 g/mol. The van der Waals surface area contributed by atoms with Crippen LogP contribution < -0.4 is 10.6 Å². The van der Waals surface area contributed by atoms with Crippen molar-refractivity contribution in [2.24, 2.45) is 0 Å². The highest BCUT2D eigenvalue weighted by Gasteiger charge is 2.11. The summed E-state index contributed by atoms with van der Waals surface area (Å²) in [5.74, 6) is 0. The monoisotopic (exact) mass is 221 g/mol. The lowest BCUT2D eigenvalue weighted by atomic mass is 10.2. The van der Waals surface area contributed by atoms with Crippen LogP contribution >= 0.6 is 0 Å². The smallest absolute Gasteiger partial charge is 0.0620 e. The molecule has 0 bridgehead atoms. The van der Waals surface area contributed by atoms with Gasteiger partial charge in [-0.3, -0.25) is 4.98 Å². The van der Waals surface area contributed by atoms with Gasteiger partial charge in [0, 0.05) is 31.5 Å². The van der Waals surface area contributed by atoms with Gasteiger partial charge >= 0.3 is 0 Å². The molecule has 0 amide bonds. The second-order valence-electron chi connectivity index (χ2n) is 4.05. The van der Waals surface area contributed by atoms with Gasteiger partial charge in [0.1, 0.15) is 0 Å². The Balaban J connectivity index is 1.58. The van der Waals surface area contributed by atoms with Crippen molar-refractivity contribution in [3.63, 3.8) is 0 Å². The Morgan fingerprint density at radius 2 is 2.56 bits per heavy atom. The van der Waals surface area contributed by atoms with E-state index in [0.29, 0.717) is 6.04 Å². The first-order valence-corrected chi connectivity index (χ1v) is 5.86. The number of rotatable bonds is 5. The minimum Gasteiger partial charge on any atom is -0.379 e. The zero-order chi connectivity index (χ0) is 11.1. The Hall–Kier alpha value is -0.970. The molecule has 88 valence electrons. The molecule has 1 unspecified atom stereocenters. The molecule has 0 aliphatic carbocycles. The fourth-order valence-electron chi connectivity index (χ4n) is 1.82. The standard InChI is InChI=1S/C12H19N3O/c1-2-11(8-13-4-1)9-14-5-3-12-10-16-7-6-15-12/h1-2,4,8,12,14-15H,3,5-7,9-10H2. The maximum absolute atomic E-state index is 5.40. The van der Waals surface area contributed by atoms with E-state index in [1.54, 1.807) is 6.20 Å². The van der Waals surface area contributed by atoms with Crippen molar-refractivity contribution in [2.75, 3.05) is 26.3 Å². The van der Waals surface area contributed by atoms with Gasteiger partial charge in [0.15, 0.2) is 0 Å². The highest BCUT2D eigenvalue weighted by molar-refractivity contribution is 5.07. The van der Waals surface area contributed by atoms with Crippen molar-refractivity contribution < 1.29 is 4.74 Å². The van der Waals surface area contributed by atoms with E-state index < -0.39 is 0 Å². The fourth-order valence-corrected chi connectivity index (χ4v) is 1.82. The van der Waals surface area contributed by atoms with Crippen LogP contribution in [0.5, 0.6) is 0 Å². The molecule has 1 aromatic rings. The molecule has 0 saturated carbocycles. The molecule has 0 radical (unpaired) electrons. The van der Waals surface area contributed by atoms with Gasteiger partial charge in [-0.1, -0.05) is 6.07 Å². The van der Waals surface area contributed by atoms with Crippen molar-refractivity contribution in [1.29, 1.82) is 0 Å². The number of nitrogens with zero attached hydrogens (tertiary/aromatic N) is 1. The normalized spacial score (nSPS) is 20.9. The van der Waals surface area contributed by atoms with E-state index in [0.717, 1.165) is 39.3 Å². The number of hydrogen-bond donors (Lipinski definition) is 2. The zero-order valence-corrected chi connectivity index (χ0v) is 9.48. The molecule has 2 rings (SSSR count). The molecule has 1 aliphatic rings. The van der Waals surface area contributed by atoms with Crippen LogP contribution in [-0.2, 0) is 11.3 Å². The quantitative estimate of drug-likeness (QED) is 0.713. The van der Waals surface area contributed by atoms with Crippen LogP contribution in [0.1, 0.15) is 12.0 Å². The van der Waals surface area contributed by atoms with E-state index in [1.165, 1.54) is 5.56 Å². The van der Waals surface area contributed by atoms with E-state index >= 15 is 0 Å². The van der Waals surface area contributed by atoms with Gasteiger partial charge < -0.3 is 15.4 Å². The minimum atomic E-state index is 0.509. The van der Waals surface area contributed by atoms with E-state index in [9.17, 15) is 0 Å². The first kappa shape index (κ1) is 11.5. The number of hydrogen-bond acceptors (Lipinski definition) is 4. The third-order valence-electron chi connectivity index (χ3n) is 2.72. The SMILES string of the molecule is c1cncc(CNCCC2COCCN2)c1. The summed E-state index contributed by atoms with van der Waals surface area (Å²) < 4.78 is 5.40. The molecule has 1 saturated heterocycles. The summed E-state index contributed by atoms with van der Waals surface area (Å²) in [6.07, 6.45) is 4.81. The van der Waals surface area contributed by atoms with Gasteiger partial charge in [-0.15, -0.1) is 0 Å². The lowest BCUT2D eigenvalue weighted by molar-refractivity contribution is 0.0742. The summed E-state index contributed by atoms with van der Waals surface area (Å²) in [5, 5.41) is 6.85. The molecule has 0 spiro atoms. The maximum Gasteiger partial charge on any atom is 0.0620 e. The van der Waals surface area contributed by atoms with Crippen molar-refractivity contribution in [3.8, 4) is 0 Å². The van der Waals surface area contributed by atoms with Crippen molar-refractivity contribution in [1.82, 2.24) is 15.6 Å². The predicted molar refractivity (Wildman–Crippen MR) is 63.2 cm³/mol. The van der Waals surface area contributed by atoms with Gasteiger partial charge in [-0.25, -0.2) is 0 Å². The van der Waals surface area contributed by atoms with Gasteiger partial charge in [0.05, 0.1) is 13.2 Å². The van der Waals surface area contributed by atoms with E-state index in [2.05, 4.69) is 21.7 Å². The number of nitrogens with one attached hydrogen (secondary N) is 2. The number of morpholine rings is 1. The number of ether oxygens (including phenoxy) is 1. The molecule has 2 heterocycles. The van der Waals surface area contributed by atoms with Crippen molar-refractivity contribution >= 4 is 0 Å². The average molecular weight is 221 g/mol. The van der Waals surface area contributed by atoms with E-state index in [1.807, 2.05) is 12.3 Å². The lowest BCUT2D eigenvalue weighted by Gasteiger charge is -2.23. The Bertz CT molecular complexity index is 286. The highest BCUT2D eigenvalue weighted by atomic mass is 16.5. The predicted octanol–water partition coefficient (Wildman–Crippen LogP) is 0.550. The highest BCUT2D eigenvalue weighted by Crippen LogP contribution is 1.98. The molecule has 1 aromatic heterocycles. The molecule has 0 aromatic carbocycles. The molecule has 1 aliphatic heterocycles. The topological polar surface area (TPSA) is 46.2 Å². The van der Waals surface area contributed by atoms with Crippen molar-refractivity contribution in [3.05, 3.63) is 30.1 Å². The van der Waals surface area contributed by atoms with Crippen LogP contribution in [0.4, 0.5) is 0 Å². The summed E-state index contributed by atoms with van der Waals surface area (Å²) in [5.41, 5.74) is 1.23. The number of aromatic nitrogens is 1. The fraction of sp³-hybridized carbons (Fsp3) is 0.583. The minimum absolute atomic E-state index is 0.509. The molecule has 2 N–H and O–H groups in total. The molecule has 4 heteroatoms. The van der Waals surface area contributed by atoms with Crippen LogP contribution in [0.2, 0.25) is 0 Å². The van der Waals surface area contributed by atoms with Crippen LogP contribution in [-0.4, -0.2) is 37.3 Å². The third-order valence-corrected chi connectivity index (χ3v) is 2.72. The molecular formula is C12H19N3O. The molecule has 16 heavy (non-hydrogen) atoms. The van der Waals surface area contributed by atoms with Gasteiger partial charge in [-0.2, -0.15) is 0 Å². The Labute approximate surface area is 96.4 Å². The van der Waals surface area contributed by atoms with E-state index in [-0.39, 0.29) is 0 Å². The molecule has 1 fully saturated rings.